The van der Waals surface area contributed by atoms with Gasteiger partial charge in [0.15, 0.2) is 11.6 Å². The van der Waals surface area contributed by atoms with Gasteiger partial charge in [-0.25, -0.2) is 0 Å². The highest BCUT2D eigenvalue weighted by Crippen LogP contribution is 2.56. The molecule has 1 heterocycles. The van der Waals surface area contributed by atoms with E-state index < -0.39 is 23.7 Å². The van der Waals surface area contributed by atoms with Crippen molar-refractivity contribution in [2.24, 2.45) is 17.8 Å². The molecule has 2 aromatic rings. The molecule has 1 saturated heterocycles. The molecule has 2 amide bonds. The molecular formula is C28H20BrNO5. The number of halogens is 1. The van der Waals surface area contributed by atoms with Crippen molar-refractivity contribution in [3.8, 4) is 5.75 Å². The zero-order valence-corrected chi connectivity index (χ0v) is 20.1. The lowest BCUT2D eigenvalue weighted by Gasteiger charge is -2.42. The Morgan fingerprint density at radius 3 is 2.34 bits per heavy atom. The number of phenols is 1. The van der Waals surface area contributed by atoms with Gasteiger partial charge in [0.25, 0.3) is 0 Å². The van der Waals surface area contributed by atoms with Gasteiger partial charge in [-0.2, -0.15) is 0 Å². The maximum absolute atomic E-state index is 13.7. The van der Waals surface area contributed by atoms with Crippen molar-refractivity contribution in [2.45, 2.75) is 18.8 Å². The summed E-state index contributed by atoms with van der Waals surface area (Å²) in [5, 5.41) is 10.7. The van der Waals surface area contributed by atoms with Crippen LogP contribution in [-0.2, 0) is 19.2 Å². The van der Waals surface area contributed by atoms with Gasteiger partial charge in [0, 0.05) is 28.7 Å². The molecule has 6 nitrogen and oxygen atoms in total. The van der Waals surface area contributed by atoms with Crippen LogP contribution in [0.15, 0.2) is 88.0 Å². The lowest BCUT2D eigenvalue weighted by Crippen LogP contribution is -2.39. The van der Waals surface area contributed by atoms with Gasteiger partial charge >= 0.3 is 0 Å². The van der Waals surface area contributed by atoms with Crippen LogP contribution >= 0.6 is 15.9 Å². The second-order valence-corrected chi connectivity index (χ2v) is 10.2. The van der Waals surface area contributed by atoms with Crippen molar-refractivity contribution in [1.29, 1.82) is 0 Å². The minimum atomic E-state index is -0.659. The van der Waals surface area contributed by atoms with Gasteiger partial charge in [0.2, 0.25) is 11.8 Å². The molecule has 1 N–H and O–H groups in total. The van der Waals surface area contributed by atoms with Crippen LogP contribution in [-0.4, -0.2) is 28.5 Å². The fourth-order valence-corrected chi connectivity index (χ4v) is 6.57. The molecule has 0 unspecified atom stereocenters. The van der Waals surface area contributed by atoms with Crippen LogP contribution in [0.4, 0.5) is 5.69 Å². The van der Waals surface area contributed by atoms with Crippen LogP contribution in [0.2, 0.25) is 0 Å². The van der Waals surface area contributed by atoms with Crippen molar-refractivity contribution in [1.82, 2.24) is 0 Å². The molecule has 0 aromatic heterocycles. The van der Waals surface area contributed by atoms with E-state index in [1.807, 2.05) is 12.1 Å². The third-order valence-electron chi connectivity index (χ3n) is 7.59. The van der Waals surface area contributed by atoms with Crippen LogP contribution in [0.3, 0.4) is 0 Å². The Balaban J connectivity index is 1.51. The number of imide groups is 1. The molecule has 0 spiro atoms. The average Bonchev–Trinajstić information content (AvgIpc) is 3.12. The molecule has 7 heteroatoms. The largest absolute Gasteiger partial charge is 0.508 e. The van der Waals surface area contributed by atoms with Crippen molar-refractivity contribution in [2.75, 3.05) is 4.90 Å². The third-order valence-corrected chi connectivity index (χ3v) is 8.18. The Kier molecular flexibility index (Phi) is 5.00. The van der Waals surface area contributed by atoms with Crippen LogP contribution in [0, 0.1) is 17.8 Å². The summed E-state index contributed by atoms with van der Waals surface area (Å²) in [5.41, 5.74) is 2.55. The summed E-state index contributed by atoms with van der Waals surface area (Å²) in [7, 11) is 0. The number of Topliss-reactive ketones (excluding diaryl/α,β-unsaturated/α-hetero) is 1. The SMILES string of the molecule is O=C1C=C(Br)C(=O)C2=C1[C@@H](c1ccccc1O)C1=CC[C@@H]3C(=O)N(c4ccccc4)C(=O)[C@@H]3[C@@H]1C2. The summed E-state index contributed by atoms with van der Waals surface area (Å²) in [4.78, 5) is 54.7. The van der Waals surface area contributed by atoms with Crippen molar-refractivity contribution in [3.63, 3.8) is 0 Å². The van der Waals surface area contributed by atoms with E-state index in [1.54, 1.807) is 48.5 Å². The number of hydrogen-bond acceptors (Lipinski definition) is 5. The van der Waals surface area contributed by atoms with E-state index in [9.17, 15) is 24.3 Å². The molecule has 4 atom stereocenters. The molecule has 1 aliphatic heterocycles. The first-order valence-corrected chi connectivity index (χ1v) is 12.3. The molecule has 0 radical (unpaired) electrons. The van der Waals surface area contributed by atoms with Gasteiger partial charge in [-0.3, -0.25) is 24.1 Å². The molecule has 35 heavy (non-hydrogen) atoms. The summed E-state index contributed by atoms with van der Waals surface area (Å²) in [5.74, 6) is -3.36. The average molecular weight is 530 g/mol. The highest BCUT2D eigenvalue weighted by molar-refractivity contribution is 9.12. The lowest BCUT2D eigenvalue weighted by molar-refractivity contribution is -0.123. The number of hydrogen-bond donors (Lipinski definition) is 1. The predicted octanol–water partition coefficient (Wildman–Crippen LogP) is 4.36. The van der Waals surface area contributed by atoms with E-state index in [0.717, 1.165) is 5.57 Å². The highest BCUT2D eigenvalue weighted by Gasteiger charge is 2.56. The number of anilines is 1. The van der Waals surface area contributed by atoms with E-state index in [-0.39, 0.29) is 40.0 Å². The van der Waals surface area contributed by atoms with Gasteiger partial charge in [-0.15, -0.1) is 0 Å². The van der Waals surface area contributed by atoms with Crippen LogP contribution in [0.25, 0.3) is 0 Å². The molecule has 6 rings (SSSR count). The molecule has 2 aromatic carbocycles. The molecular weight excluding hydrogens is 510 g/mol. The maximum Gasteiger partial charge on any atom is 0.238 e. The highest BCUT2D eigenvalue weighted by atomic mass is 79.9. The number of fused-ring (bicyclic) bond motifs is 3. The monoisotopic (exact) mass is 529 g/mol. The van der Waals surface area contributed by atoms with E-state index in [2.05, 4.69) is 15.9 Å². The van der Waals surface area contributed by atoms with Crippen LogP contribution < -0.4 is 4.90 Å². The van der Waals surface area contributed by atoms with Gasteiger partial charge in [0.1, 0.15) is 5.75 Å². The number of allylic oxidation sites excluding steroid dienone is 6. The number of aromatic hydroxyl groups is 1. The zero-order chi connectivity index (χ0) is 24.4. The second kappa shape index (κ2) is 7.99. The minimum Gasteiger partial charge on any atom is -0.508 e. The number of carbonyl (C=O) groups excluding carboxylic acids is 4. The predicted molar refractivity (Wildman–Crippen MR) is 132 cm³/mol. The van der Waals surface area contributed by atoms with E-state index in [4.69, 9.17) is 0 Å². The molecule has 3 aliphatic carbocycles. The normalized spacial score (nSPS) is 27.9. The summed E-state index contributed by atoms with van der Waals surface area (Å²) in [6.45, 7) is 0. The Hall–Kier alpha value is -3.58. The first-order chi connectivity index (χ1) is 16.9. The van der Waals surface area contributed by atoms with Crippen molar-refractivity contribution in [3.05, 3.63) is 93.5 Å². The minimum absolute atomic E-state index is 0.0154. The second-order valence-electron chi connectivity index (χ2n) is 9.30. The number of nitrogens with zero attached hydrogens (tertiary/aromatic N) is 1. The Bertz CT molecular complexity index is 1420. The van der Waals surface area contributed by atoms with Gasteiger partial charge in [-0.05, 0) is 52.9 Å². The Morgan fingerprint density at radius 1 is 0.886 bits per heavy atom. The molecule has 174 valence electrons. The topological polar surface area (TPSA) is 91.8 Å². The fourth-order valence-electron chi connectivity index (χ4n) is 6.13. The molecule has 4 aliphatic rings. The van der Waals surface area contributed by atoms with Gasteiger partial charge < -0.3 is 5.11 Å². The van der Waals surface area contributed by atoms with E-state index in [1.165, 1.54) is 11.0 Å². The number of phenolic OH excluding ortho intramolecular Hbond substituents is 1. The van der Waals surface area contributed by atoms with E-state index >= 15 is 0 Å². The number of benzene rings is 2. The Morgan fingerprint density at radius 2 is 1.60 bits per heavy atom. The van der Waals surface area contributed by atoms with E-state index in [0.29, 0.717) is 28.8 Å². The smallest absolute Gasteiger partial charge is 0.238 e. The number of carbonyl (C=O) groups is 4. The molecule has 0 saturated carbocycles. The quantitative estimate of drug-likeness (QED) is 0.354. The first kappa shape index (κ1) is 21.9. The van der Waals surface area contributed by atoms with Crippen molar-refractivity contribution >= 4 is 45.0 Å². The first-order valence-electron chi connectivity index (χ1n) is 11.5. The van der Waals surface area contributed by atoms with Crippen LogP contribution in [0.1, 0.15) is 24.3 Å². The molecule has 1 fully saturated rings. The summed E-state index contributed by atoms with van der Waals surface area (Å²) in [6, 6.07) is 15.6. The van der Waals surface area contributed by atoms with Gasteiger partial charge in [0.05, 0.1) is 22.0 Å². The fraction of sp³-hybridized carbons (Fsp3) is 0.214. The van der Waals surface area contributed by atoms with Gasteiger partial charge in [-0.1, -0.05) is 48.0 Å². The number of ketones is 2. The summed E-state index contributed by atoms with van der Waals surface area (Å²) in [6.07, 6.45) is 3.78. The number of amides is 2. The third kappa shape index (κ3) is 3.14. The standard InChI is InChI=1S/C28H20BrNO5/c29-20-13-22(32)25-19(26(20)33)12-18-15(23(25)16-8-4-5-9-21(16)31)10-11-17-24(18)28(35)30(27(17)34)14-6-2-1-3-7-14/h1-10,13,17-18,23-24,31H,11-12H2/t17-,18+,23+,24-/m0/s1. The lowest BCUT2D eigenvalue weighted by atomic mass is 9.59. The summed E-state index contributed by atoms with van der Waals surface area (Å²) < 4.78 is 0.178. The van der Waals surface area contributed by atoms with Crippen LogP contribution in [0.5, 0.6) is 5.75 Å². The maximum atomic E-state index is 13.7. The number of rotatable bonds is 2. The Labute approximate surface area is 209 Å². The van der Waals surface area contributed by atoms with Crippen molar-refractivity contribution < 1.29 is 24.3 Å². The molecule has 0 bridgehead atoms. The zero-order valence-electron chi connectivity index (χ0n) is 18.5. The number of para-hydroxylation sites is 2. The summed E-state index contributed by atoms with van der Waals surface area (Å²) >= 11 is 3.22.